The van der Waals surface area contributed by atoms with Crippen LogP contribution < -0.4 is 5.32 Å². The highest BCUT2D eigenvalue weighted by atomic mass is 16.5. The molecule has 4 heteroatoms. The van der Waals surface area contributed by atoms with E-state index in [0.717, 1.165) is 18.4 Å². The topological polar surface area (TPSA) is 58.6 Å². The largest absolute Gasteiger partial charge is 0.480 e. The van der Waals surface area contributed by atoms with Gasteiger partial charge in [0.1, 0.15) is 5.54 Å². The minimum Gasteiger partial charge on any atom is -0.480 e. The molecule has 0 radical (unpaired) electrons. The highest BCUT2D eigenvalue weighted by Gasteiger charge is 2.52. The summed E-state index contributed by atoms with van der Waals surface area (Å²) in [6.07, 6.45) is 1.92. The number of ether oxygens (including phenoxy) is 1. The second kappa shape index (κ2) is 5.50. The maximum atomic E-state index is 11.8. The predicted molar refractivity (Wildman–Crippen MR) is 68.4 cm³/mol. The molecule has 0 heterocycles. The van der Waals surface area contributed by atoms with Crippen molar-refractivity contribution in [3.63, 3.8) is 0 Å². The van der Waals surface area contributed by atoms with E-state index >= 15 is 0 Å². The number of benzene rings is 1. The number of carboxylic acid groups (broad SMARTS) is 1. The first-order valence-electron chi connectivity index (χ1n) is 6.24. The summed E-state index contributed by atoms with van der Waals surface area (Å²) < 4.78 is 5.00. The van der Waals surface area contributed by atoms with Crippen molar-refractivity contribution >= 4 is 5.97 Å². The summed E-state index contributed by atoms with van der Waals surface area (Å²) in [4.78, 5) is 11.8. The van der Waals surface area contributed by atoms with Gasteiger partial charge in [0.05, 0.1) is 6.61 Å². The van der Waals surface area contributed by atoms with Crippen molar-refractivity contribution in [3.8, 4) is 0 Å². The van der Waals surface area contributed by atoms with Crippen LogP contribution in [0.1, 0.15) is 18.4 Å². The standard InChI is InChI=1S/C14H19NO3/c1-18-10-9-15-14(13(16)17,12-7-8-12)11-5-3-2-4-6-11/h2-6,12,15H,7-10H2,1H3,(H,16,17). The maximum absolute atomic E-state index is 11.8. The molecule has 1 fully saturated rings. The van der Waals surface area contributed by atoms with Crippen LogP contribution in [0.25, 0.3) is 0 Å². The third-order valence-corrected chi connectivity index (χ3v) is 3.47. The first kappa shape index (κ1) is 13.1. The monoisotopic (exact) mass is 249 g/mol. The quantitative estimate of drug-likeness (QED) is 0.721. The van der Waals surface area contributed by atoms with E-state index in [0.29, 0.717) is 13.2 Å². The summed E-state index contributed by atoms with van der Waals surface area (Å²) >= 11 is 0. The second-order valence-corrected chi connectivity index (χ2v) is 4.67. The molecular formula is C14H19NO3. The lowest BCUT2D eigenvalue weighted by Gasteiger charge is -2.31. The van der Waals surface area contributed by atoms with E-state index in [1.54, 1.807) is 7.11 Å². The van der Waals surface area contributed by atoms with Crippen LogP contribution >= 0.6 is 0 Å². The Bertz CT molecular complexity index is 403. The molecule has 2 rings (SSSR count). The molecule has 0 saturated heterocycles. The third-order valence-electron chi connectivity index (χ3n) is 3.47. The number of hydrogen-bond acceptors (Lipinski definition) is 3. The Balaban J connectivity index is 2.28. The van der Waals surface area contributed by atoms with Gasteiger partial charge in [-0.05, 0) is 24.3 Å². The number of carbonyl (C=O) groups is 1. The van der Waals surface area contributed by atoms with Crippen LogP contribution in [0.5, 0.6) is 0 Å². The van der Waals surface area contributed by atoms with Crippen LogP contribution in [0.15, 0.2) is 30.3 Å². The normalized spacial score (nSPS) is 18.3. The Kier molecular flexibility index (Phi) is 3.99. The molecule has 0 bridgehead atoms. The van der Waals surface area contributed by atoms with Gasteiger partial charge in [-0.1, -0.05) is 30.3 Å². The summed E-state index contributed by atoms with van der Waals surface area (Å²) in [6.45, 7) is 1.04. The van der Waals surface area contributed by atoms with E-state index in [1.165, 1.54) is 0 Å². The fourth-order valence-corrected chi connectivity index (χ4v) is 2.42. The summed E-state index contributed by atoms with van der Waals surface area (Å²) in [6, 6.07) is 9.43. The molecule has 2 N–H and O–H groups in total. The van der Waals surface area contributed by atoms with Crippen LogP contribution in [0.2, 0.25) is 0 Å². The van der Waals surface area contributed by atoms with Gasteiger partial charge in [0.2, 0.25) is 0 Å². The molecule has 1 unspecified atom stereocenters. The fourth-order valence-electron chi connectivity index (χ4n) is 2.42. The molecule has 1 aromatic carbocycles. The number of nitrogens with one attached hydrogen (secondary N) is 1. The Morgan fingerprint density at radius 1 is 1.44 bits per heavy atom. The zero-order chi connectivity index (χ0) is 13.0. The molecule has 0 amide bonds. The van der Waals surface area contributed by atoms with Gasteiger partial charge in [-0.2, -0.15) is 0 Å². The smallest absolute Gasteiger partial charge is 0.328 e. The van der Waals surface area contributed by atoms with E-state index in [2.05, 4.69) is 5.32 Å². The van der Waals surface area contributed by atoms with Crippen molar-refractivity contribution in [2.24, 2.45) is 5.92 Å². The second-order valence-electron chi connectivity index (χ2n) is 4.67. The highest BCUT2D eigenvalue weighted by Crippen LogP contribution is 2.45. The van der Waals surface area contributed by atoms with Gasteiger partial charge < -0.3 is 9.84 Å². The molecule has 1 saturated carbocycles. The van der Waals surface area contributed by atoms with E-state index in [1.807, 2.05) is 30.3 Å². The average molecular weight is 249 g/mol. The minimum atomic E-state index is -0.959. The molecule has 18 heavy (non-hydrogen) atoms. The summed E-state index contributed by atoms with van der Waals surface area (Å²) in [5, 5.41) is 12.9. The molecule has 0 aromatic heterocycles. The van der Waals surface area contributed by atoms with Gasteiger partial charge in [0.25, 0.3) is 0 Å². The first-order chi connectivity index (χ1) is 8.71. The minimum absolute atomic E-state index is 0.175. The highest BCUT2D eigenvalue weighted by molar-refractivity contribution is 5.81. The Morgan fingerprint density at radius 2 is 2.11 bits per heavy atom. The number of carboxylic acids is 1. The summed E-state index contributed by atoms with van der Waals surface area (Å²) in [5.41, 5.74) is -0.129. The fraction of sp³-hybridized carbons (Fsp3) is 0.500. The Hall–Kier alpha value is -1.39. The van der Waals surface area contributed by atoms with Crippen molar-refractivity contribution in [1.29, 1.82) is 0 Å². The first-order valence-corrected chi connectivity index (χ1v) is 6.24. The summed E-state index contributed by atoms with van der Waals surface area (Å²) in [5.74, 6) is -0.624. The van der Waals surface area contributed by atoms with Crippen LogP contribution in [0, 0.1) is 5.92 Å². The van der Waals surface area contributed by atoms with Gasteiger partial charge in [-0.3, -0.25) is 5.32 Å². The number of aliphatic carboxylic acids is 1. The molecule has 98 valence electrons. The number of rotatable bonds is 7. The zero-order valence-corrected chi connectivity index (χ0v) is 10.6. The van der Waals surface area contributed by atoms with E-state index in [-0.39, 0.29) is 5.92 Å². The van der Waals surface area contributed by atoms with Crippen molar-refractivity contribution in [2.75, 3.05) is 20.3 Å². The van der Waals surface area contributed by atoms with Crippen LogP contribution in [0.3, 0.4) is 0 Å². The lowest BCUT2D eigenvalue weighted by Crippen LogP contribution is -2.52. The van der Waals surface area contributed by atoms with Crippen LogP contribution in [-0.2, 0) is 15.1 Å². The Labute approximate surface area is 107 Å². The van der Waals surface area contributed by atoms with Crippen molar-refractivity contribution in [3.05, 3.63) is 35.9 Å². The van der Waals surface area contributed by atoms with Gasteiger partial charge >= 0.3 is 5.97 Å². The van der Waals surface area contributed by atoms with Gasteiger partial charge in [0, 0.05) is 13.7 Å². The van der Waals surface area contributed by atoms with Gasteiger partial charge in [-0.25, -0.2) is 4.79 Å². The molecule has 1 atom stereocenters. The maximum Gasteiger partial charge on any atom is 0.328 e. The SMILES string of the molecule is COCCNC(C(=O)O)(c1ccccc1)C1CC1. The molecule has 1 aliphatic carbocycles. The van der Waals surface area contributed by atoms with Gasteiger partial charge in [-0.15, -0.1) is 0 Å². The summed E-state index contributed by atoms with van der Waals surface area (Å²) in [7, 11) is 1.61. The van der Waals surface area contributed by atoms with E-state index < -0.39 is 11.5 Å². The lowest BCUT2D eigenvalue weighted by atomic mass is 9.85. The number of hydrogen-bond donors (Lipinski definition) is 2. The molecular weight excluding hydrogens is 230 g/mol. The predicted octanol–water partition coefficient (Wildman–Crippen LogP) is 1.61. The molecule has 0 aliphatic heterocycles. The van der Waals surface area contributed by atoms with Crippen molar-refractivity contribution < 1.29 is 14.6 Å². The Morgan fingerprint density at radius 3 is 2.61 bits per heavy atom. The molecule has 0 spiro atoms. The average Bonchev–Trinajstić information content (AvgIpc) is 3.20. The molecule has 1 aromatic rings. The van der Waals surface area contributed by atoms with Crippen molar-refractivity contribution in [2.45, 2.75) is 18.4 Å². The van der Waals surface area contributed by atoms with Crippen LogP contribution in [0.4, 0.5) is 0 Å². The zero-order valence-electron chi connectivity index (χ0n) is 10.6. The van der Waals surface area contributed by atoms with Crippen LogP contribution in [-0.4, -0.2) is 31.3 Å². The lowest BCUT2D eigenvalue weighted by molar-refractivity contribution is -0.146. The van der Waals surface area contributed by atoms with E-state index in [4.69, 9.17) is 4.74 Å². The van der Waals surface area contributed by atoms with E-state index in [9.17, 15) is 9.90 Å². The number of methoxy groups -OCH3 is 1. The molecule has 1 aliphatic rings. The van der Waals surface area contributed by atoms with Crippen molar-refractivity contribution in [1.82, 2.24) is 5.32 Å². The molecule has 4 nitrogen and oxygen atoms in total. The van der Waals surface area contributed by atoms with Gasteiger partial charge in [0.15, 0.2) is 0 Å². The third kappa shape index (κ3) is 2.40.